The van der Waals surface area contributed by atoms with Crippen LogP contribution in [0.3, 0.4) is 0 Å². The zero-order valence-corrected chi connectivity index (χ0v) is 14.7. The summed E-state index contributed by atoms with van der Waals surface area (Å²) in [6.45, 7) is 1.83. The molecule has 0 rings (SSSR count). The summed E-state index contributed by atoms with van der Waals surface area (Å²) >= 11 is 9.18. The maximum atomic E-state index is 5.91. The van der Waals surface area contributed by atoms with Crippen LogP contribution in [-0.4, -0.2) is 6.00 Å². The van der Waals surface area contributed by atoms with Crippen molar-refractivity contribution in [3.8, 4) is 107 Å². The molecule has 0 heterocycles. The Labute approximate surface area is 145 Å². The SMILES string of the molecule is C#CC#CC#CC#CC#CC#CC#CC#CC#C[Si](C)(Cl)Br. The van der Waals surface area contributed by atoms with Gasteiger partial charge in [-0.15, -0.1) is 17.5 Å². The zero-order valence-electron chi connectivity index (χ0n) is 11.3. The van der Waals surface area contributed by atoms with E-state index in [-0.39, 0.29) is 0 Å². The minimum Gasteiger partial charge on any atom is -0.135 e. The number of halogens is 2. The molecule has 0 amide bonds. The van der Waals surface area contributed by atoms with Crippen molar-refractivity contribution in [3.63, 3.8) is 0 Å². The summed E-state index contributed by atoms with van der Waals surface area (Å²) in [5, 5.41) is 0. The van der Waals surface area contributed by atoms with Gasteiger partial charge in [-0.25, -0.2) is 0 Å². The third kappa shape index (κ3) is 17.0. The molecular formula is C19H4BrClSi. The molecule has 0 aromatic heterocycles. The lowest BCUT2D eigenvalue weighted by atomic mass is 10.5. The highest BCUT2D eigenvalue weighted by Crippen LogP contribution is 2.13. The van der Waals surface area contributed by atoms with Gasteiger partial charge in [0, 0.05) is 0 Å². The Kier molecular flexibility index (Phi) is 11.3. The van der Waals surface area contributed by atoms with Gasteiger partial charge >= 0.3 is 0 Å². The number of terminal acetylenes is 1. The fourth-order valence-electron chi connectivity index (χ4n) is 0.583. The van der Waals surface area contributed by atoms with E-state index < -0.39 is 6.00 Å². The summed E-state index contributed by atoms with van der Waals surface area (Å²) in [7, 11) is 0. The minimum atomic E-state index is -2.08. The van der Waals surface area contributed by atoms with E-state index in [0.29, 0.717) is 0 Å². The van der Waals surface area contributed by atoms with Crippen LogP contribution in [0.5, 0.6) is 0 Å². The van der Waals surface area contributed by atoms with Crippen LogP contribution in [0, 0.1) is 107 Å². The highest BCUT2D eigenvalue weighted by molar-refractivity contribution is 9.27. The van der Waals surface area contributed by atoms with Crippen LogP contribution in [-0.2, 0) is 0 Å². The van der Waals surface area contributed by atoms with Crippen LogP contribution in [0.15, 0.2) is 0 Å². The predicted molar refractivity (Wildman–Crippen MR) is 97.4 cm³/mol. The molecule has 0 N–H and O–H groups in total. The van der Waals surface area contributed by atoms with Crippen LogP contribution in [0.1, 0.15) is 0 Å². The maximum absolute atomic E-state index is 5.91. The van der Waals surface area contributed by atoms with Crippen LogP contribution in [0.4, 0.5) is 0 Å². The van der Waals surface area contributed by atoms with E-state index in [1.807, 2.05) is 6.55 Å². The molecule has 3 heteroatoms. The van der Waals surface area contributed by atoms with Crippen LogP contribution < -0.4 is 0 Å². The topological polar surface area (TPSA) is 0 Å². The van der Waals surface area contributed by atoms with Gasteiger partial charge in [0.1, 0.15) is 0 Å². The van der Waals surface area contributed by atoms with Crippen molar-refractivity contribution in [3.05, 3.63) is 0 Å². The summed E-state index contributed by atoms with van der Waals surface area (Å²) in [6.07, 6.45) is 4.90. The van der Waals surface area contributed by atoms with Gasteiger partial charge < -0.3 is 0 Å². The third-order valence-corrected chi connectivity index (χ3v) is 2.67. The maximum Gasteiger partial charge on any atom is 0.298 e. The van der Waals surface area contributed by atoms with Gasteiger partial charge in [0.25, 0.3) is 6.00 Å². The molecule has 0 aromatic rings. The van der Waals surface area contributed by atoms with Crippen LogP contribution >= 0.6 is 26.4 Å². The Balaban J connectivity index is 4.41. The van der Waals surface area contributed by atoms with Crippen molar-refractivity contribution in [2.75, 3.05) is 0 Å². The van der Waals surface area contributed by atoms with Crippen molar-refractivity contribution in [1.82, 2.24) is 0 Å². The molecule has 0 nitrogen and oxygen atoms in total. The summed E-state index contributed by atoms with van der Waals surface area (Å²) in [6, 6.07) is -2.08. The fourth-order valence-corrected chi connectivity index (χ4v) is 1.30. The van der Waals surface area contributed by atoms with Gasteiger partial charge in [-0.3, -0.25) is 0 Å². The molecule has 0 spiro atoms. The van der Waals surface area contributed by atoms with E-state index in [0.717, 1.165) is 0 Å². The van der Waals surface area contributed by atoms with Crippen molar-refractivity contribution < 1.29 is 0 Å². The fraction of sp³-hybridized carbons (Fsp3) is 0.0526. The lowest BCUT2D eigenvalue weighted by molar-refractivity contribution is 2.25. The molecule has 0 bridgehead atoms. The average molecular weight is 376 g/mol. The van der Waals surface area contributed by atoms with Crippen molar-refractivity contribution >= 4 is 32.4 Å². The number of rotatable bonds is 0. The highest BCUT2D eigenvalue weighted by Gasteiger charge is 2.14. The first-order chi connectivity index (χ1) is 10.6. The average Bonchev–Trinajstić information content (AvgIpc) is 2.45. The third-order valence-electron chi connectivity index (χ3n) is 1.23. The van der Waals surface area contributed by atoms with Gasteiger partial charge in [-0.05, 0) is 101 Å². The van der Waals surface area contributed by atoms with Gasteiger partial charge in [-0.1, -0.05) is 20.8 Å². The smallest absolute Gasteiger partial charge is 0.135 e. The summed E-state index contributed by atoms with van der Waals surface area (Å²) < 4.78 is 0. The number of hydrogen-bond acceptors (Lipinski definition) is 0. The second-order valence-electron chi connectivity index (χ2n) is 3.03. The lowest BCUT2D eigenvalue weighted by Crippen LogP contribution is -2.06. The molecule has 0 aliphatic rings. The normalized spacial score (nSPS) is 7.91. The van der Waals surface area contributed by atoms with Crippen molar-refractivity contribution in [2.45, 2.75) is 6.55 Å². The second-order valence-corrected chi connectivity index (χ2v) is 13.5. The highest BCUT2D eigenvalue weighted by atomic mass is 79.9. The summed E-state index contributed by atoms with van der Waals surface area (Å²) in [5.41, 5.74) is 2.80. The quantitative estimate of drug-likeness (QED) is 0.345. The molecule has 0 fully saturated rings. The molecule has 0 saturated carbocycles. The van der Waals surface area contributed by atoms with E-state index in [4.69, 9.17) is 17.5 Å². The first-order valence-corrected chi connectivity index (χ1v) is 11.2. The van der Waals surface area contributed by atoms with E-state index >= 15 is 0 Å². The van der Waals surface area contributed by atoms with E-state index in [1.165, 1.54) is 0 Å². The van der Waals surface area contributed by atoms with E-state index in [9.17, 15) is 0 Å². The van der Waals surface area contributed by atoms with Gasteiger partial charge in [0.2, 0.25) is 0 Å². The van der Waals surface area contributed by atoms with E-state index in [2.05, 4.69) is 116 Å². The molecule has 22 heavy (non-hydrogen) atoms. The summed E-state index contributed by atoms with van der Waals surface area (Å²) in [5.74, 6) is 39.4. The van der Waals surface area contributed by atoms with Crippen LogP contribution in [0.2, 0.25) is 6.55 Å². The van der Waals surface area contributed by atoms with Crippen molar-refractivity contribution in [1.29, 1.82) is 0 Å². The Bertz CT molecular complexity index is 958. The molecule has 1 atom stereocenters. The monoisotopic (exact) mass is 374 g/mol. The minimum absolute atomic E-state index is 1.83. The molecule has 98 valence electrons. The Morgan fingerprint density at radius 2 is 0.909 bits per heavy atom. The predicted octanol–water partition coefficient (Wildman–Crippen LogP) is 1.89. The largest absolute Gasteiger partial charge is 0.298 e. The van der Waals surface area contributed by atoms with Gasteiger partial charge in [0.15, 0.2) is 0 Å². The Morgan fingerprint density at radius 1 is 0.636 bits per heavy atom. The van der Waals surface area contributed by atoms with Gasteiger partial charge in [0.05, 0.1) is 0 Å². The molecule has 0 aliphatic carbocycles. The standard InChI is InChI=1S/C19H4BrClSi/c1-3-4-5-6-7-8-9-10-11-12-13-14-15-16-17-18-19-22(2,20)21/h1H,2H3. The molecule has 1 unspecified atom stereocenters. The number of hydrogen-bond donors (Lipinski definition) is 0. The molecular weight excluding hydrogens is 372 g/mol. The molecule has 0 aromatic carbocycles. The molecule has 0 saturated heterocycles. The lowest BCUT2D eigenvalue weighted by Gasteiger charge is -1.94. The molecule has 0 radical (unpaired) electrons. The van der Waals surface area contributed by atoms with Gasteiger partial charge in [-0.2, -0.15) is 0 Å². The first-order valence-electron chi connectivity index (χ1n) is 5.42. The van der Waals surface area contributed by atoms with Crippen LogP contribution in [0.25, 0.3) is 0 Å². The second kappa shape index (κ2) is 13.0. The molecule has 0 aliphatic heterocycles. The first kappa shape index (κ1) is 19.0. The zero-order chi connectivity index (χ0) is 16.5. The van der Waals surface area contributed by atoms with Crippen molar-refractivity contribution in [2.24, 2.45) is 0 Å². The summed E-state index contributed by atoms with van der Waals surface area (Å²) in [4.78, 5) is 0. The van der Waals surface area contributed by atoms with E-state index in [1.54, 1.807) is 0 Å². The Hall–Kier alpha value is -2.97. The Morgan fingerprint density at radius 3 is 1.18 bits per heavy atom.